The molecule has 2 fully saturated rings. The molecular weight excluding hydrogens is 348 g/mol. The lowest BCUT2D eigenvalue weighted by Gasteiger charge is -2.52. The number of aliphatic hydroxyl groups excluding tert-OH is 1. The average molecular weight is 387 g/mol. The summed E-state index contributed by atoms with van der Waals surface area (Å²) in [5.41, 5.74) is -0.0321. The molecule has 1 aliphatic carbocycles. The maximum Gasteiger partial charge on any atom is 0.144 e. The summed E-state index contributed by atoms with van der Waals surface area (Å²) >= 11 is 0. The second kappa shape index (κ2) is 9.06. The highest BCUT2D eigenvalue weighted by molar-refractivity contribution is 5.68. The first-order valence-electron chi connectivity index (χ1n) is 11.1. The molecule has 3 rings (SSSR count). The predicted octanol–water partition coefficient (Wildman–Crippen LogP) is 3.47. The van der Waals surface area contributed by atoms with E-state index in [0.29, 0.717) is 18.3 Å². The Kier molecular flexibility index (Phi) is 6.95. The van der Waals surface area contributed by atoms with Crippen LogP contribution in [0.15, 0.2) is 30.3 Å². The zero-order valence-electron chi connectivity index (χ0n) is 17.8. The Balaban J connectivity index is 1.86. The molecule has 2 aliphatic rings. The summed E-state index contributed by atoms with van der Waals surface area (Å²) in [7, 11) is 0. The molecule has 4 nitrogen and oxygen atoms in total. The van der Waals surface area contributed by atoms with E-state index in [2.05, 4.69) is 43.5 Å². The highest BCUT2D eigenvalue weighted by Crippen LogP contribution is 2.41. The van der Waals surface area contributed by atoms with Crippen molar-refractivity contribution in [3.8, 4) is 0 Å². The van der Waals surface area contributed by atoms with Gasteiger partial charge >= 0.3 is 0 Å². The molecule has 0 amide bonds. The van der Waals surface area contributed by atoms with Gasteiger partial charge < -0.3 is 15.2 Å². The number of aryl methyl sites for hydroxylation is 1. The number of carbonyl (C=O) groups is 1. The summed E-state index contributed by atoms with van der Waals surface area (Å²) in [6, 6.07) is 10.2. The van der Waals surface area contributed by atoms with E-state index in [-0.39, 0.29) is 11.6 Å². The lowest BCUT2D eigenvalue weighted by Crippen LogP contribution is -2.74. The number of rotatable bonds is 7. The molecule has 0 spiro atoms. The Morgan fingerprint density at radius 2 is 1.89 bits per heavy atom. The lowest BCUT2D eigenvalue weighted by molar-refractivity contribution is -0.124. The van der Waals surface area contributed by atoms with Crippen LogP contribution in [0.1, 0.15) is 64.9 Å². The molecule has 1 aromatic rings. The van der Waals surface area contributed by atoms with Crippen LogP contribution in [-0.2, 0) is 11.2 Å². The van der Waals surface area contributed by atoms with Crippen molar-refractivity contribution in [3.63, 3.8) is 0 Å². The molecule has 5 unspecified atom stereocenters. The first-order chi connectivity index (χ1) is 13.4. The minimum Gasteiger partial charge on any atom is -0.391 e. The third-order valence-electron chi connectivity index (χ3n) is 6.68. The van der Waals surface area contributed by atoms with Gasteiger partial charge in [0.2, 0.25) is 0 Å². The molecule has 1 heterocycles. The Morgan fingerprint density at radius 3 is 2.57 bits per heavy atom. The number of hydrogen-bond acceptors (Lipinski definition) is 4. The van der Waals surface area contributed by atoms with Gasteiger partial charge in [0, 0.05) is 11.6 Å². The van der Waals surface area contributed by atoms with Crippen molar-refractivity contribution in [2.45, 2.75) is 88.9 Å². The van der Waals surface area contributed by atoms with Gasteiger partial charge in [0.15, 0.2) is 0 Å². The van der Waals surface area contributed by atoms with Crippen LogP contribution >= 0.6 is 0 Å². The van der Waals surface area contributed by atoms with E-state index in [1.807, 2.05) is 18.2 Å². The lowest BCUT2D eigenvalue weighted by atomic mass is 9.64. The van der Waals surface area contributed by atoms with Gasteiger partial charge in [-0.05, 0) is 70.4 Å². The predicted molar refractivity (Wildman–Crippen MR) is 114 cm³/mol. The van der Waals surface area contributed by atoms with Crippen molar-refractivity contribution >= 4 is 6.29 Å². The summed E-state index contributed by atoms with van der Waals surface area (Å²) in [5, 5.41) is 18.6. The van der Waals surface area contributed by atoms with Gasteiger partial charge in [0.05, 0.1) is 6.10 Å². The molecule has 1 aromatic carbocycles. The van der Waals surface area contributed by atoms with E-state index < -0.39 is 11.6 Å². The van der Waals surface area contributed by atoms with Gasteiger partial charge in [-0.2, -0.15) is 0 Å². The van der Waals surface area contributed by atoms with Crippen molar-refractivity contribution in [1.29, 1.82) is 0 Å². The Bertz CT molecular complexity index is 625. The van der Waals surface area contributed by atoms with Crippen molar-refractivity contribution in [2.24, 2.45) is 11.8 Å². The SMILES string of the molecule is CC(C)(C)NC(C=O)(C(O)CCc1ccccc1)C1NCCC2CCCCC21. The van der Waals surface area contributed by atoms with Crippen molar-refractivity contribution in [2.75, 3.05) is 6.54 Å². The quantitative estimate of drug-likeness (QED) is 0.628. The van der Waals surface area contributed by atoms with E-state index in [1.165, 1.54) is 31.2 Å². The topological polar surface area (TPSA) is 61.4 Å². The summed E-state index contributed by atoms with van der Waals surface area (Å²) < 4.78 is 0. The van der Waals surface area contributed by atoms with E-state index in [9.17, 15) is 9.90 Å². The molecule has 4 heteroatoms. The van der Waals surface area contributed by atoms with Gasteiger partial charge in [0.25, 0.3) is 0 Å². The summed E-state index contributed by atoms with van der Waals surface area (Å²) in [6.07, 6.45) is 7.74. The monoisotopic (exact) mass is 386 g/mol. The Hall–Kier alpha value is -1.23. The highest BCUT2D eigenvalue weighted by Gasteiger charge is 2.52. The van der Waals surface area contributed by atoms with Gasteiger partial charge in [-0.3, -0.25) is 5.32 Å². The number of benzene rings is 1. The van der Waals surface area contributed by atoms with Crippen LogP contribution in [0.5, 0.6) is 0 Å². The fourth-order valence-electron chi connectivity index (χ4n) is 5.52. The number of aliphatic hydroxyl groups is 1. The maximum atomic E-state index is 12.7. The van der Waals surface area contributed by atoms with Crippen LogP contribution in [-0.4, -0.2) is 41.2 Å². The van der Waals surface area contributed by atoms with Crippen LogP contribution in [0.4, 0.5) is 0 Å². The number of aldehydes is 1. The molecular formula is C24H38N2O2. The first-order valence-corrected chi connectivity index (χ1v) is 11.1. The molecule has 28 heavy (non-hydrogen) atoms. The maximum absolute atomic E-state index is 12.7. The van der Waals surface area contributed by atoms with Gasteiger partial charge in [-0.1, -0.05) is 49.6 Å². The van der Waals surface area contributed by atoms with Crippen LogP contribution in [0, 0.1) is 11.8 Å². The number of carbonyl (C=O) groups excluding carboxylic acids is 1. The van der Waals surface area contributed by atoms with Crippen molar-refractivity contribution in [3.05, 3.63) is 35.9 Å². The third kappa shape index (κ3) is 4.84. The molecule has 1 saturated heterocycles. The van der Waals surface area contributed by atoms with Crippen molar-refractivity contribution in [1.82, 2.24) is 10.6 Å². The number of nitrogens with one attached hydrogen (secondary N) is 2. The van der Waals surface area contributed by atoms with E-state index in [0.717, 1.165) is 25.7 Å². The zero-order valence-corrected chi connectivity index (χ0v) is 17.8. The Labute approximate surface area is 170 Å². The summed E-state index contributed by atoms with van der Waals surface area (Å²) in [5.74, 6) is 1.12. The van der Waals surface area contributed by atoms with Crippen LogP contribution in [0.25, 0.3) is 0 Å². The molecule has 3 N–H and O–H groups in total. The summed E-state index contributed by atoms with van der Waals surface area (Å²) in [6.45, 7) is 7.17. The zero-order chi connectivity index (χ0) is 20.2. The number of hydrogen-bond donors (Lipinski definition) is 3. The fraction of sp³-hybridized carbons (Fsp3) is 0.708. The van der Waals surface area contributed by atoms with Gasteiger partial charge in [0.1, 0.15) is 11.8 Å². The van der Waals surface area contributed by atoms with Gasteiger partial charge in [-0.15, -0.1) is 0 Å². The average Bonchev–Trinajstić information content (AvgIpc) is 2.70. The summed E-state index contributed by atoms with van der Waals surface area (Å²) in [4.78, 5) is 12.7. The second-order valence-corrected chi connectivity index (χ2v) is 9.89. The molecule has 5 atom stereocenters. The smallest absolute Gasteiger partial charge is 0.144 e. The normalized spacial score (nSPS) is 28.8. The first kappa shape index (κ1) is 21.5. The van der Waals surface area contributed by atoms with Crippen LogP contribution < -0.4 is 10.6 Å². The highest BCUT2D eigenvalue weighted by atomic mass is 16.3. The van der Waals surface area contributed by atoms with E-state index in [4.69, 9.17) is 0 Å². The number of piperidine rings is 1. The minimum absolute atomic E-state index is 0.0194. The largest absolute Gasteiger partial charge is 0.391 e. The minimum atomic E-state index is -0.965. The number of fused-ring (bicyclic) bond motifs is 1. The van der Waals surface area contributed by atoms with Crippen molar-refractivity contribution < 1.29 is 9.90 Å². The molecule has 1 aliphatic heterocycles. The van der Waals surface area contributed by atoms with Crippen LogP contribution in [0.3, 0.4) is 0 Å². The molecule has 156 valence electrons. The molecule has 0 bridgehead atoms. The molecule has 0 aromatic heterocycles. The second-order valence-electron chi connectivity index (χ2n) is 9.89. The van der Waals surface area contributed by atoms with E-state index in [1.54, 1.807) is 0 Å². The fourth-order valence-corrected chi connectivity index (χ4v) is 5.52. The standard InChI is InChI=1S/C24H38N2O2/c1-23(2,3)26-24(17-27,21(28)14-13-18-9-5-4-6-10-18)22-20-12-8-7-11-19(20)15-16-25-22/h4-6,9-10,17,19-22,25-26,28H,7-8,11-16H2,1-3H3. The Morgan fingerprint density at radius 1 is 1.18 bits per heavy atom. The molecule has 0 radical (unpaired) electrons. The molecule has 1 saturated carbocycles. The van der Waals surface area contributed by atoms with Crippen LogP contribution in [0.2, 0.25) is 0 Å². The van der Waals surface area contributed by atoms with Gasteiger partial charge in [-0.25, -0.2) is 0 Å². The third-order valence-corrected chi connectivity index (χ3v) is 6.68. The van der Waals surface area contributed by atoms with E-state index >= 15 is 0 Å².